The molecule has 17 heavy (non-hydrogen) atoms. The zero-order valence-corrected chi connectivity index (χ0v) is 9.55. The molecule has 0 atom stereocenters. The van der Waals surface area contributed by atoms with Crippen LogP contribution in [0.15, 0.2) is 24.3 Å². The molecule has 2 rings (SSSR count). The minimum atomic E-state index is -3.94. The first-order valence-electron chi connectivity index (χ1n) is 4.83. The van der Waals surface area contributed by atoms with Crippen molar-refractivity contribution in [3.05, 3.63) is 29.8 Å². The predicted octanol–water partition coefficient (Wildman–Crippen LogP) is 0.297. The van der Waals surface area contributed by atoms with Gasteiger partial charge >= 0.3 is 0 Å². The van der Waals surface area contributed by atoms with Gasteiger partial charge in [0.25, 0.3) is 10.1 Å². The second-order valence-electron chi connectivity index (χ2n) is 3.49. The molecule has 0 aliphatic rings. The Kier molecular flexibility index (Phi) is 3.16. The molecule has 0 radical (unpaired) electrons. The molecule has 1 aromatic carbocycles. The van der Waals surface area contributed by atoms with Gasteiger partial charge in [-0.05, 0) is 28.5 Å². The maximum absolute atomic E-state index is 10.6. The Hall–Kier alpha value is -1.80. The highest BCUT2D eigenvalue weighted by Gasteiger charge is 2.07. The van der Waals surface area contributed by atoms with E-state index in [-0.39, 0.29) is 12.2 Å². The molecule has 0 unspecified atom stereocenters. The van der Waals surface area contributed by atoms with Gasteiger partial charge in [-0.2, -0.15) is 8.42 Å². The van der Waals surface area contributed by atoms with E-state index in [0.29, 0.717) is 5.82 Å². The smallest absolute Gasteiger partial charge is 0.265 e. The molecule has 1 aromatic heterocycles. The molecular weight excluding hydrogens is 244 g/mol. The van der Waals surface area contributed by atoms with Crippen molar-refractivity contribution in [1.29, 1.82) is 0 Å². The first-order valence-corrected chi connectivity index (χ1v) is 6.44. The fraction of sp³-hybridized carbons (Fsp3) is 0.222. The molecule has 7 nitrogen and oxygen atoms in total. The summed E-state index contributed by atoms with van der Waals surface area (Å²) in [5, 5.41) is 13.3. The fourth-order valence-electron chi connectivity index (χ4n) is 1.40. The van der Waals surface area contributed by atoms with Crippen LogP contribution in [0.2, 0.25) is 0 Å². The zero-order valence-electron chi connectivity index (χ0n) is 8.74. The number of H-pyrrole nitrogens is 1. The summed E-state index contributed by atoms with van der Waals surface area (Å²) in [6.45, 7) is 0. The van der Waals surface area contributed by atoms with Gasteiger partial charge < -0.3 is 0 Å². The third-order valence-electron chi connectivity index (χ3n) is 2.19. The van der Waals surface area contributed by atoms with Crippen molar-refractivity contribution in [3.63, 3.8) is 0 Å². The number of nitrogens with zero attached hydrogens (tertiary/aromatic N) is 3. The summed E-state index contributed by atoms with van der Waals surface area (Å²) in [6, 6.07) is 7.13. The van der Waals surface area contributed by atoms with Crippen molar-refractivity contribution >= 4 is 10.1 Å². The van der Waals surface area contributed by atoms with Crippen LogP contribution in [0.1, 0.15) is 5.56 Å². The number of nitrogens with one attached hydrogen (secondary N) is 1. The van der Waals surface area contributed by atoms with E-state index in [0.717, 1.165) is 11.1 Å². The lowest BCUT2D eigenvalue weighted by Crippen LogP contribution is -2.06. The summed E-state index contributed by atoms with van der Waals surface area (Å²) in [5.74, 6) is 0.212. The molecule has 0 aliphatic heterocycles. The number of benzene rings is 1. The van der Waals surface area contributed by atoms with Crippen LogP contribution < -0.4 is 0 Å². The average molecular weight is 254 g/mol. The van der Waals surface area contributed by atoms with Crippen LogP contribution in [-0.4, -0.2) is 39.3 Å². The van der Waals surface area contributed by atoms with Crippen molar-refractivity contribution in [2.24, 2.45) is 0 Å². The highest BCUT2D eigenvalue weighted by atomic mass is 32.2. The van der Waals surface area contributed by atoms with Crippen molar-refractivity contribution < 1.29 is 13.0 Å². The largest absolute Gasteiger partial charge is 0.286 e. The number of aryl methyl sites for hydroxylation is 1. The molecule has 0 spiro atoms. The van der Waals surface area contributed by atoms with E-state index < -0.39 is 10.1 Å². The second-order valence-corrected chi connectivity index (χ2v) is 5.06. The lowest BCUT2D eigenvalue weighted by atomic mass is 10.1. The van der Waals surface area contributed by atoms with E-state index in [1.165, 1.54) is 0 Å². The summed E-state index contributed by atoms with van der Waals surface area (Å²) in [5.41, 5.74) is 1.55. The van der Waals surface area contributed by atoms with Crippen molar-refractivity contribution in [2.45, 2.75) is 6.42 Å². The van der Waals surface area contributed by atoms with Crippen LogP contribution in [0.5, 0.6) is 0 Å². The molecular formula is C9H10N4O3S. The molecule has 0 saturated heterocycles. The van der Waals surface area contributed by atoms with Gasteiger partial charge in [0.2, 0.25) is 0 Å². The van der Waals surface area contributed by atoms with Gasteiger partial charge in [0.05, 0.1) is 5.75 Å². The van der Waals surface area contributed by atoms with Gasteiger partial charge in [-0.1, -0.05) is 18.2 Å². The number of rotatable bonds is 4. The second kappa shape index (κ2) is 4.60. The molecule has 90 valence electrons. The number of hydrogen-bond acceptors (Lipinski definition) is 5. The summed E-state index contributed by atoms with van der Waals surface area (Å²) in [6.07, 6.45) is 0.244. The first-order chi connectivity index (χ1) is 8.04. The molecule has 0 aliphatic carbocycles. The Morgan fingerprint density at radius 1 is 1.35 bits per heavy atom. The van der Waals surface area contributed by atoms with Crippen LogP contribution >= 0.6 is 0 Å². The van der Waals surface area contributed by atoms with Gasteiger partial charge in [-0.15, -0.1) is 5.10 Å². The summed E-state index contributed by atoms with van der Waals surface area (Å²) < 4.78 is 29.9. The van der Waals surface area contributed by atoms with Crippen molar-refractivity contribution in [2.75, 3.05) is 5.75 Å². The van der Waals surface area contributed by atoms with Gasteiger partial charge in [0.1, 0.15) is 0 Å². The average Bonchev–Trinajstić information content (AvgIpc) is 2.79. The first kappa shape index (κ1) is 11.7. The third kappa shape index (κ3) is 3.33. The molecule has 1 heterocycles. The summed E-state index contributed by atoms with van der Waals surface area (Å²) >= 11 is 0. The minimum Gasteiger partial charge on any atom is -0.286 e. The summed E-state index contributed by atoms with van der Waals surface area (Å²) in [4.78, 5) is 0. The standard InChI is InChI=1S/C9H10N4O3S/c14-17(15,16)5-4-7-2-1-3-8(6-7)9-10-12-13-11-9/h1-3,6H,4-5H2,(H,14,15,16)(H,10,11,12,13). The van der Waals surface area contributed by atoms with Crippen LogP contribution in [0, 0.1) is 0 Å². The Labute approximate surface area is 97.6 Å². The van der Waals surface area contributed by atoms with Gasteiger partial charge in [-0.25, -0.2) is 5.10 Å². The third-order valence-corrected chi connectivity index (χ3v) is 2.91. The highest BCUT2D eigenvalue weighted by molar-refractivity contribution is 7.85. The maximum atomic E-state index is 10.6. The number of aromatic nitrogens is 4. The normalized spacial score (nSPS) is 11.6. The molecule has 8 heteroatoms. The maximum Gasteiger partial charge on any atom is 0.265 e. The Morgan fingerprint density at radius 3 is 2.82 bits per heavy atom. The Morgan fingerprint density at radius 2 is 2.18 bits per heavy atom. The zero-order chi connectivity index (χ0) is 12.3. The van der Waals surface area contributed by atoms with E-state index in [2.05, 4.69) is 20.6 Å². The van der Waals surface area contributed by atoms with Gasteiger partial charge in [0.15, 0.2) is 5.82 Å². The van der Waals surface area contributed by atoms with E-state index in [9.17, 15) is 8.42 Å². The van der Waals surface area contributed by atoms with Gasteiger partial charge in [0, 0.05) is 5.56 Å². The van der Waals surface area contributed by atoms with Crippen LogP contribution in [0.4, 0.5) is 0 Å². The number of tetrazole rings is 1. The fourth-order valence-corrected chi connectivity index (χ4v) is 1.90. The van der Waals surface area contributed by atoms with Crippen LogP contribution in [0.3, 0.4) is 0 Å². The van der Waals surface area contributed by atoms with Crippen molar-refractivity contribution in [3.8, 4) is 11.4 Å². The number of hydrogen-bond donors (Lipinski definition) is 2. The predicted molar refractivity (Wildman–Crippen MR) is 59.7 cm³/mol. The number of aromatic amines is 1. The molecule has 0 bridgehead atoms. The topological polar surface area (TPSA) is 109 Å². The van der Waals surface area contributed by atoms with E-state index in [4.69, 9.17) is 4.55 Å². The quantitative estimate of drug-likeness (QED) is 0.759. The summed E-state index contributed by atoms with van der Waals surface area (Å²) in [7, 11) is -3.94. The van der Waals surface area contributed by atoms with Crippen LogP contribution in [0.25, 0.3) is 11.4 Å². The van der Waals surface area contributed by atoms with Crippen molar-refractivity contribution in [1.82, 2.24) is 20.6 Å². The molecule has 2 N–H and O–H groups in total. The lowest BCUT2D eigenvalue weighted by molar-refractivity contribution is 0.482. The minimum absolute atomic E-state index is 0.244. The van der Waals surface area contributed by atoms with Crippen LogP contribution in [-0.2, 0) is 16.5 Å². The van der Waals surface area contributed by atoms with E-state index in [1.807, 2.05) is 0 Å². The van der Waals surface area contributed by atoms with E-state index in [1.54, 1.807) is 24.3 Å². The van der Waals surface area contributed by atoms with Gasteiger partial charge in [-0.3, -0.25) is 4.55 Å². The SMILES string of the molecule is O=S(=O)(O)CCc1cccc(-c2nnn[nH]2)c1. The molecule has 0 fully saturated rings. The highest BCUT2D eigenvalue weighted by Crippen LogP contribution is 2.15. The monoisotopic (exact) mass is 254 g/mol. The molecule has 0 amide bonds. The Balaban J connectivity index is 2.18. The Bertz CT molecular complexity index is 594. The lowest BCUT2D eigenvalue weighted by Gasteiger charge is -2.01. The molecule has 0 saturated carbocycles. The van der Waals surface area contributed by atoms with E-state index >= 15 is 0 Å². The molecule has 2 aromatic rings.